The van der Waals surface area contributed by atoms with E-state index in [9.17, 15) is 4.79 Å². The first-order chi connectivity index (χ1) is 10.7. The number of hydrogen-bond acceptors (Lipinski definition) is 3. The van der Waals surface area contributed by atoms with E-state index in [0.29, 0.717) is 5.02 Å². The summed E-state index contributed by atoms with van der Waals surface area (Å²) in [5, 5.41) is 4.70. The van der Waals surface area contributed by atoms with Gasteiger partial charge in [-0.3, -0.25) is 9.79 Å². The Kier molecular flexibility index (Phi) is 3.51. The Morgan fingerprint density at radius 2 is 1.91 bits per heavy atom. The monoisotopic (exact) mass is 330 g/mol. The van der Waals surface area contributed by atoms with Gasteiger partial charge >= 0.3 is 0 Å². The van der Waals surface area contributed by atoms with E-state index in [2.05, 4.69) is 10.3 Å². The van der Waals surface area contributed by atoms with Crippen molar-refractivity contribution in [1.82, 2.24) is 0 Å². The van der Waals surface area contributed by atoms with Gasteiger partial charge in [-0.1, -0.05) is 23.7 Å². The second-order valence-electron chi connectivity index (χ2n) is 5.63. The molecular weight excluding hydrogens is 316 g/mol. The molecule has 112 valence electrons. The molecular formula is C17H15ClN2OS. The number of anilines is 1. The van der Waals surface area contributed by atoms with Crippen LogP contribution in [0, 0.1) is 0 Å². The summed E-state index contributed by atoms with van der Waals surface area (Å²) in [6.07, 6.45) is 4.62. The third kappa shape index (κ3) is 2.36. The lowest BCUT2D eigenvalue weighted by Gasteiger charge is -2.14. The molecule has 1 aromatic heterocycles. The maximum absolute atomic E-state index is 12.0. The zero-order valence-corrected chi connectivity index (χ0v) is 13.6. The minimum atomic E-state index is -0.0381. The van der Waals surface area contributed by atoms with Gasteiger partial charge in [0.15, 0.2) is 0 Å². The van der Waals surface area contributed by atoms with Crippen molar-refractivity contribution in [3.8, 4) is 0 Å². The molecule has 0 fully saturated rings. The number of nitrogens with one attached hydrogen (secondary N) is 1. The maximum atomic E-state index is 12.0. The Morgan fingerprint density at radius 1 is 1.14 bits per heavy atom. The van der Waals surface area contributed by atoms with Gasteiger partial charge in [0.1, 0.15) is 11.5 Å². The summed E-state index contributed by atoms with van der Waals surface area (Å²) in [6, 6.07) is 7.71. The molecule has 4 rings (SSSR count). The van der Waals surface area contributed by atoms with Gasteiger partial charge in [-0.2, -0.15) is 0 Å². The van der Waals surface area contributed by atoms with Gasteiger partial charge in [-0.15, -0.1) is 11.3 Å². The van der Waals surface area contributed by atoms with Crippen LogP contribution in [0.2, 0.25) is 5.02 Å². The number of aryl methyl sites for hydroxylation is 1. The largest absolute Gasteiger partial charge is 0.316 e. The maximum Gasteiger partial charge on any atom is 0.246 e. The van der Waals surface area contributed by atoms with Crippen LogP contribution in [-0.4, -0.2) is 18.2 Å². The topological polar surface area (TPSA) is 41.5 Å². The lowest BCUT2D eigenvalue weighted by Crippen LogP contribution is -2.12. The molecule has 0 unspecified atom stereocenters. The Morgan fingerprint density at radius 3 is 2.73 bits per heavy atom. The van der Waals surface area contributed by atoms with Gasteiger partial charge in [0.05, 0.1) is 5.71 Å². The van der Waals surface area contributed by atoms with Crippen LogP contribution >= 0.6 is 22.9 Å². The molecule has 0 spiro atoms. The molecule has 2 aromatic rings. The van der Waals surface area contributed by atoms with Crippen LogP contribution in [0.1, 0.15) is 34.4 Å². The van der Waals surface area contributed by atoms with E-state index in [4.69, 9.17) is 11.6 Å². The number of carbonyl (C=O) groups is 1. The molecule has 3 nitrogen and oxygen atoms in total. The Balaban J connectivity index is 1.90. The quantitative estimate of drug-likeness (QED) is 0.841. The molecule has 1 N–H and O–H groups in total. The Labute approximate surface area is 138 Å². The zero-order valence-electron chi connectivity index (χ0n) is 12.0. The minimum absolute atomic E-state index is 0.0381. The van der Waals surface area contributed by atoms with Gasteiger partial charge in [-0.05, 0) is 43.4 Å². The number of carbonyl (C=O) groups excluding carboxylic acids is 1. The van der Waals surface area contributed by atoms with Crippen molar-refractivity contribution in [3.05, 3.63) is 50.9 Å². The molecule has 0 atom stereocenters. The van der Waals surface area contributed by atoms with Crippen LogP contribution in [0.3, 0.4) is 0 Å². The number of nitrogens with zero attached hydrogens (tertiary/aromatic N) is 1. The van der Waals surface area contributed by atoms with Gasteiger partial charge in [0.25, 0.3) is 0 Å². The minimum Gasteiger partial charge on any atom is -0.316 e. The summed E-state index contributed by atoms with van der Waals surface area (Å²) < 4.78 is 0. The highest BCUT2D eigenvalue weighted by Gasteiger charge is 2.27. The lowest BCUT2D eigenvalue weighted by atomic mass is 9.91. The first-order valence-corrected chi connectivity index (χ1v) is 8.67. The third-order valence-corrected chi connectivity index (χ3v) is 5.62. The Bertz CT molecular complexity index is 777. The highest BCUT2D eigenvalue weighted by atomic mass is 35.5. The Hall–Kier alpha value is -1.65. The van der Waals surface area contributed by atoms with Crippen molar-refractivity contribution in [2.75, 3.05) is 11.9 Å². The molecule has 22 heavy (non-hydrogen) atoms. The van der Waals surface area contributed by atoms with Gasteiger partial charge in [-0.25, -0.2) is 0 Å². The van der Waals surface area contributed by atoms with E-state index in [-0.39, 0.29) is 12.5 Å². The van der Waals surface area contributed by atoms with E-state index < -0.39 is 0 Å². The summed E-state index contributed by atoms with van der Waals surface area (Å²) >= 11 is 7.71. The summed E-state index contributed by atoms with van der Waals surface area (Å²) in [5.41, 5.74) is 4.45. The summed E-state index contributed by atoms with van der Waals surface area (Å²) in [6.45, 7) is 0.175. The molecule has 0 saturated heterocycles. The number of hydrogen-bond donors (Lipinski definition) is 1. The fourth-order valence-electron chi connectivity index (χ4n) is 3.14. The number of aliphatic imine (C=N–C) groups is 1. The highest BCUT2D eigenvalue weighted by molar-refractivity contribution is 7.17. The zero-order chi connectivity index (χ0) is 15.1. The van der Waals surface area contributed by atoms with Crippen molar-refractivity contribution in [2.24, 2.45) is 4.99 Å². The average Bonchev–Trinajstić information content (AvgIpc) is 2.79. The predicted molar refractivity (Wildman–Crippen MR) is 91.5 cm³/mol. The van der Waals surface area contributed by atoms with Crippen LogP contribution in [0.4, 0.5) is 5.00 Å². The van der Waals surface area contributed by atoms with Crippen LogP contribution in [0.25, 0.3) is 0 Å². The molecule has 1 amide bonds. The normalized spacial score (nSPS) is 17.1. The number of halogens is 1. The van der Waals surface area contributed by atoms with E-state index in [1.165, 1.54) is 23.3 Å². The van der Waals surface area contributed by atoms with Gasteiger partial charge in [0.2, 0.25) is 5.91 Å². The first kappa shape index (κ1) is 14.0. The average molecular weight is 331 g/mol. The lowest BCUT2D eigenvalue weighted by molar-refractivity contribution is -0.114. The fraction of sp³-hybridized carbons (Fsp3) is 0.294. The molecule has 1 aliphatic carbocycles. The number of rotatable bonds is 1. The second-order valence-corrected chi connectivity index (χ2v) is 7.18. The van der Waals surface area contributed by atoms with Crippen molar-refractivity contribution in [3.63, 3.8) is 0 Å². The van der Waals surface area contributed by atoms with Crippen molar-refractivity contribution >= 4 is 39.6 Å². The van der Waals surface area contributed by atoms with E-state index >= 15 is 0 Å². The summed E-state index contributed by atoms with van der Waals surface area (Å²) in [4.78, 5) is 18.0. The van der Waals surface area contributed by atoms with Gasteiger partial charge < -0.3 is 5.32 Å². The van der Waals surface area contributed by atoms with Crippen LogP contribution in [-0.2, 0) is 17.6 Å². The number of amides is 1. The predicted octanol–water partition coefficient (Wildman–Crippen LogP) is 4.07. The SMILES string of the molecule is O=C1CN=C(c2ccc(Cl)cc2)c2c(sc3c2CCCC3)N1. The van der Waals surface area contributed by atoms with Crippen molar-refractivity contribution in [1.29, 1.82) is 0 Å². The fourth-order valence-corrected chi connectivity index (χ4v) is 4.58. The van der Waals surface area contributed by atoms with Crippen LogP contribution in [0.5, 0.6) is 0 Å². The number of thiophene rings is 1. The first-order valence-electron chi connectivity index (χ1n) is 7.47. The molecule has 5 heteroatoms. The molecule has 0 bridgehead atoms. The van der Waals surface area contributed by atoms with E-state index in [1.54, 1.807) is 11.3 Å². The standard InChI is InChI=1S/C17H15ClN2OS/c18-11-7-5-10(6-8-11)16-15-12-3-1-2-4-13(12)22-17(15)20-14(21)9-19-16/h5-8H,1-4,9H2,(H,20,21). The van der Waals surface area contributed by atoms with Crippen LogP contribution < -0.4 is 5.32 Å². The molecule has 0 radical (unpaired) electrons. The van der Waals surface area contributed by atoms with E-state index in [0.717, 1.165) is 34.7 Å². The summed E-state index contributed by atoms with van der Waals surface area (Å²) in [7, 11) is 0. The van der Waals surface area contributed by atoms with Crippen molar-refractivity contribution in [2.45, 2.75) is 25.7 Å². The molecule has 1 aromatic carbocycles. The smallest absolute Gasteiger partial charge is 0.246 e. The third-order valence-electron chi connectivity index (χ3n) is 4.16. The molecule has 2 aliphatic rings. The second kappa shape index (κ2) is 5.52. The van der Waals surface area contributed by atoms with Crippen molar-refractivity contribution < 1.29 is 4.79 Å². The summed E-state index contributed by atoms with van der Waals surface area (Å²) in [5.74, 6) is -0.0381. The molecule has 0 saturated carbocycles. The highest BCUT2D eigenvalue weighted by Crippen LogP contribution is 2.40. The molecule has 1 aliphatic heterocycles. The molecule has 2 heterocycles. The number of fused-ring (bicyclic) bond motifs is 3. The van der Waals surface area contributed by atoms with Gasteiger partial charge in [0, 0.05) is 21.0 Å². The van der Waals surface area contributed by atoms with Crippen LogP contribution in [0.15, 0.2) is 29.3 Å². The number of benzene rings is 1. The van der Waals surface area contributed by atoms with E-state index in [1.807, 2.05) is 24.3 Å².